The molecule has 3 saturated heterocycles. The van der Waals surface area contributed by atoms with Crippen LogP contribution in [0.5, 0.6) is 0 Å². The van der Waals surface area contributed by atoms with E-state index in [9.17, 15) is 9.59 Å². The molecule has 3 atom stereocenters. The van der Waals surface area contributed by atoms with Crippen LogP contribution in [0.2, 0.25) is 0 Å². The van der Waals surface area contributed by atoms with E-state index in [-0.39, 0.29) is 24.0 Å². The molecule has 0 bridgehead atoms. The molecule has 9 nitrogen and oxygen atoms in total. The Balaban J connectivity index is 1.01. The molecule has 3 heterocycles. The molecule has 0 aromatic carbocycles. The number of hydrogen-bond donors (Lipinski definition) is 3. The zero-order valence-electron chi connectivity index (χ0n) is 20.6. The van der Waals surface area contributed by atoms with Crippen LogP contribution >= 0.6 is 11.8 Å². The molecule has 34 heavy (non-hydrogen) atoms. The van der Waals surface area contributed by atoms with E-state index >= 15 is 0 Å². The van der Waals surface area contributed by atoms with Crippen molar-refractivity contribution in [3.8, 4) is 0 Å². The van der Waals surface area contributed by atoms with E-state index in [1.54, 1.807) is 0 Å². The third-order valence-electron chi connectivity index (χ3n) is 6.57. The largest absolute Gasteiger partial charge is 0.379 e. The van der Waals surface area contributed by atoms with Crippen molar-refractivity contribution in [1.82, 2.24) is 20.9 Å². The molecule has 0 aromatic heterocycles. The highest BCUT2D eigenvalue weighted by molar-refractivity contribution is 8.00. The lowest BCUT2D eigenvalue weighted by Gasteiger charge is -2.16. The molecule has 0 unspecified atom stereocenters. The van der Waals surface area contributed by atoms with Crippen molar-refractivity contribution < 1.29 is 23.8 Å². The second-order valence-corrected chi connectivity index (χ2v) is 10.6. The fourth-order valence-corrected chi connectivity index (χ4v) is 6.25. The number of thioether (sulfide) groups is 1. The third-order valence-corrected chi connectivity index (χ3v) is 8.08. The highest BCUT2D eigenvalue weighted by Gasteiger charge is 2.42. The Labute approximate surface area is 208 Å². The number of carbonyl (C=O) groups excluding carboxylic acids is 2. The molecular weight excluding hydrogens is 456 g/mol. The summed E-state index contributed by atoms with van der Waals surface area (Å²) in [5, 5.41) is 9.41. The molecule has 10 heteroatoms. The van der Waals surface area contributed by atoms with Gasteiger partial charge < -0.3 is 35.1 Å². The first-order valence-corrected chi connectivity index (χ1v) is 14.2. The van der Waals surface area contributed by atoms with E-state index in [0.717, 1.165) is 51.0 Å². The number of nitrogens with one attached hydrogen (secondary N) is 3. The first-order chi connectivity index (χ1) is 16.7. The van der Waals surface area contributed by atoms with Crippen LogP contribution in [0.15, 0.2) is 0 Å². The van der Waals surface area contributed by atoms with Crippen molar-refractivity contribution in [2.24, 2.45) is 0 Å². The molecular formula is C24H44N4O5S. The summed E-state index contributed by atoms with van der Waals surface area (Å²) >= 11 is 1.92. The van der Waals surface area contributed by atoms with Crippen LogP contribution < -0.4 is 16.0 Å². The Kier molecular flexibility index (Phi) is 13.4. The normalized spacial score (nSPS) is 24.2. The summed E-state index contributed by atoms with van der Waals surface area (Å²) in [6.07, 6.45) is 8.09. The van der Waals surface area contributed by atoms with Gasteiger partial charge in [-0.25, -0.2) is 4.79 Å². The minimum Gasteiger partial charge on any atom is -0.379 e. The van der Waals surface area contributed by atoms with Gasteiger partial charge in [0.25, 0.3) is 0 Å². The number of likely N-dealkylation sites (tertiary alicyclic amines) is 1. The molecule has 3 amide bonds. The van der Waals surface area contributed by atoms with Gasteiger partial charge in [-0.2, -0.15) is 11.8 Å². The van der Waals surface area contributed by atoms with Crippen LogP contribution in [-0.4, -0.2) is 106 Å². The summed E-state index contributed by atoms with van der Waals surface area (Å²) in [4.78, 5) is 25.9. The number of amides is 3. The lowest BCUT2D eigenvalue weighted by molar-refractivity contribution is -0.121. The topological polar surface area (TPSA) is 101 Å². The second-order valence-electron chi connectivity index (χ2n) is 9.31. The number of rotatable bonds is 19. The average Bonchev–Trinajstić information content (AvgIpc) is 3.55. The molecule has 3 fully saturated rings. The number of hydrogen-bond acceptors (Lipinski definition) is 7. The van der Waals surface area contributed by atoms with Crippen molar-refractivity contribution in [3.05, 3.63) is 0 Å². The van der Waals surface area contributed by atoms with Crippen LogP contribution in [0, 0.1) is 0 Å². The number of fused-ring (bicyclic) bond motifs is 1. The van der Waals surface area contributed by atoms with Gasteiger partial charge in [-0.3, -0.25) is 4.79 Å². The summed E-state index contributed by atoms with van der Waals surface area (Å²) in [6, 6.07) is 0.479. The van der Waals surface area contributed by atoms with Crippen LogP contribution in [0.3, 0.4) is 0 Å². The maximum Gasteiger partial charge on any atom is 0.315 e. The fraction of sp³-hybridized carbons (Fsp3) is 0.917. The van der Waals surface area contributed by atoms with Crippen LogP contribution in [0.1, 0.15) is 51.4 Å². The maximum absolute atomic E-state index is 12.0. The van der Waals surface area contributed by atoms with Crippen LogP contribution in [0.4, 0.5) is 4.79 Å². The molecule has 3 N–H and O–H groups in total. The van der Waals surface area contributed by atoms with Crippen LogP contribution in [-0.2, 0) is 19.0 Å². The summed E-state index contributed by atoms with van der Waals surface area (Å²) < 4.78 is 16.7. The third kappa shape index (κ3) is 10.7. The van der Waals surface area contributed by atoms with Crippen molar-refractivity contribution in [3.63, 3.8) is 0 Å². The van der Waals surface area contributed by atoms with Gasteiger partial charge in [-0.1, -0.05) is 6.42 Å². The Morgan fingerprint density at radius 1 is 0.941 bits per heavy atom. The Hall–Kier alpha value is -1.07. The van der Waals surface area contributed by atoms with E-state index in [2.05, 4.69) is 20.9 Å². The first-order valence-electron chi connectivity index (χ1n) is 13.1. The smallest absolute Gasteiger partial charge is 0.315 e. The molecule has 3 aliphatic rings. The molecule has 3 rings (SSSR count). The minimum atomic E-state index is -0.0419. The molecule has 0 saturated carbocycles. The molecule has 3 aliphatic heterocycles. The summed E-state index contributed by atoms with van der Waals surface area (Å²) in [6.45, 7) is 8.11. The van der Waals surface area contributed by atoms with Gasteiger partial charge in [0.1, 0.15) is 0 Å². The number of ether oxygens (including phenoxy) is 3. The Bertz CT molecular complexity index is 594. The second kappa shape index (κ2) is 16.6. The highest BCUT2D eigenvalue weighted by atomic mass is 32.2. The van der Waals surface area contributed by atoms with Gasteiger partial charge in [-0.05, 0) is 51.6 Å². The van der Waals surface area contributed by atoms with Crippen molar-refractivity contribution in [2.75, 3.05) is 71.6 Å². The fourth-order valence-electron chi connectivity index (χ4n) is 4.70. The standard InChI is InChI=1S/C24H44N4O5S/c29-22(8-2-1-7-21-23-20(19-34-21)26-24(30)27-23)25-9-5-13-31-15-17-33-18-16-32-14-6-12-28-10-3-4-11-28/h20-21,23H,1-19H2,(H,25,29)(H2,26,27,30)/t20-,21-,23-/m0/s1. The number of urea groups is 1. The van der Waals surface area contributed by atoms with Crippen molar-refractivity contribution >= 4 is 23.7 Å². The van der Waals surface area contributed by atoms with Gasteiger partial charge in [0.2, 0.25) is 5.91 Å². The quantitative estimate of drug-likeness (QED) is 0.184. The van der Waals surface area contributed by atoms with E-state index in [4.69, 9.17) is 14.2 Å². The lowest BCUT2D eigenvalue weighted by Crippen LogP contribution is -2.36. The lowest BCUT2D eigenvalue weighted by atomic mass is 10.0. The van der Waals surface area contributed by atoms with Gasteiger partial charge in [0, 0.05) is 43.7 Å². The molecule has 0 aromatic rings. The van der Waals surface area contributed by atoms with E-state index in [1.807, 2.05) is 11.8 Å². The van der Waals surface area contributed by atoms with Gasteiger partial charge in [0.05, 0.1) is 38.5 Å². The van der Waals surface area contributed by atoms with Gasteiger partial charge in [-0.15, -0.1) is 0 Å². The number of carbonyl (C=O) groups is 2. The van der Waals surface area contributed by atoms with Crippen molar-refractivity contribution in [2.45, 2.75) is 68.7 Å². The molecule has 196 valence electrons. The SMILES string of the molecule is O=C(CCCC[C@@H]1SC[C@@H]2NC(=O)N[C@@H]21)NCCCOCCOCCOCCCN1CCCC1. The predicted octanol–water partition coefficient (Wildman–Crippen LogP) is 1.75. The molecule has 0 spiro atoms. The summed E-state index contributed by atoms with van der Waals surface area (Å²) in [5.41, 5.74) is 0. The Morgan fingerprint density at radius 2 is 1.65 bits per heavy atom. The van der Waals surface area contributed by atoms with Crippen LogP contribution in [0.25, 0.3) is 0 Å². The monoisotopic (exact) mass is 500 g/mol. The highest BCUT2D eigenvalue weighted by Crippen LogP contribution is 2.33. The average molecular weight is 501 g/mol. The summed E-state index contributed by atoms with van der Waals surface area (Å²) in [5.74, 6) is 1.09. The zero-order chi connectivity index (χ0) is 23.8. The summed E-state index contributed by atoms with van der Waals surface area (Å²) in [7, 11) is 0. The predicted molar refractivity (Wildman–Crippen MR) is 134 cm³/mol. The van der Waals surface area contributed by atoms with E-state index < -0.39 is 0 Å². The molecule has 0 aliphatic carbocycles. The van der Waals surface area contributed by atoms with E-state index in [0.29, 0.717) is 51.2 Å². The minimum absolute atomic E-state index is 0.0419. The Morgan fingerprint density at radius 3 is 2.41 bits per heavy atom. The van der Waals surface area contributed by atoms with Gasteiger partial charge in [0.15, 0.2) is 0 Å². The zero-order valence-corrected chi connectivity index (χ0v) is 21.4. The van der Waals surface area contributed by atoms with Gasteiger partial charge >= 0.3 is 6.03 Å². The number of unbranched alkanes of at least 4 members (excludes halogenated alkanes) is 1. The first kappa shape index (κ1) is 27.5. The maximum atomic E-state index is 12.0. The number of nitrogens with zero attached hydrogens (tertiary/aromatic N) is 1. The van der Waals surface area contributed by atoms with E-state index in [1.165, 1.54) is 25.9 Å². The van der Waals surface area contributed by atoms with Crippen molar-refractivity contribution in [1.29, 1.82) is 0 Å². The molecule has 0 radical (unpaired) electrons.